The van der Waals surface area contributed by atoms with Crippen LogP contribution in [-0.2, 0) is 66.3 Å². The zero-order valence-corrected chi connectivity index (χ0v) is 50.1. The molecular weight excluding hydrogens is 1180 g/mol. The summed E-state index contributed by atoms with van der Waals surface area (Å²) in [5.41, 5.74) is -0.0473. The van der Waals surface area contributed by atoms with Gasteiger partial charge in [0.1, 0.15) is 146 Å². The second-order valence-electron chi connectivity index (χ2n) is 25.6. The van der Waals surface area contributed by atoms with Gasteiger partial charge in [-0.1, -0.05) is 26.2 Å². The molecule has 9 saturated heterocycles. The standard InChI is InChI=1S/C56H98N2O30/c1-23(75-3)77-46-28(19-59)80-54(40(71)34(46)65)87-49-31(22-62)82-53(42(73)36(49)67)85-45-27-18-58(13-10-56(2)15-24-8-7-9-25(14-24)16-56)12-6-5-11-57-17-26-44(32(63)38(69)50(76-4)78-26)84-52-41(72)35(66)48(30(21-61)81-52)88-55-43(74)37(68)47(29(20-60)83-55)86-51(79-27)39(70)33(45)64/h23-55,57,59-74H,5-22H2,1-4H3/t23-,24?,25?,26?,27?,28?,29?,30?,31?,32?,33?,34?,35?,36?,37?,38?,39?,40?,41?,42?,43?,44-,45-,46-,47-,48-,49-,50+,51-,52-,53-,54-,55-,56?/m1/s1. The summed E-state index contributed by atoms with van der Waals surface area (Å²) in [6.07, 6.45) is -44.4. The van der Waals surface area contributed by atoms with Crippen LogP contribution in [0.3, 0.4) is 0 Å². The minimum absolute atomic E-state index is 0.00992. The molecule has 0 amide bonds. The van der Waals surface area contributed by atoms with Crippen LogP contribution in [0.1, 0.15) is 71.6 Å². The van der Waals surface area contributed by atoms with E-state index in [4.69, 9.17) is 66.3 Å². The molecule has 9 heterocycles. The number of nitrogens with zero attached hydrogens (tertiary/aromatic N) is 1. The third-order valence-electron chi connectivity index (χ3n) is 19.3. The van der Waals surface area contributed by atoms with Crippen molar-refractivity contribution in [2.75, 3.05) is 73.4 Å². The minimum atomic E-state index is -2.10. The van der Waals surface area contributed by atoms with Gasteiger partial charge in [-0.25, -0.2) is 0 Å². The quantitative estimate of drug-likeness (QED) is 0.0677. The second-order valence-corrected chi connectivity index (χ2v) is 25.6. The van der Waals surface area contributed by atoms with Crippen molar-refractivity contribution in [3.05, 3.63) is 0 Å². The highest BCUT2D eigenvalue weighted by Crippen LogP contribution is 2.50. The average molecular weight is 1280 g/mol. The van der Waals surface area contributed by atoms with Gasteiger partial charge in [0.2, 0.25) is 0 Å². The molecule has 0 radical (unpaired) electrons. The first-order valence-electron chi connectivity index (χ1n) is 31.0. The van der Waals surface area contributed by atoms with Crippen molar-refractivity contribution < 1.29 is 148 Å². The smallest absolute Gasteiger partial charge is 0.187 e. The van der Waals surface area contributed by atoms with Crippen molar-refractivity contribution in [3.63, 3.8) is 0 Å². The third kappa shape index (κ3) is 15.8. The molecule has 0 spiro atoms. The molecule has 0 aromatic heterocycles. The van der Waals surface area contributed by atoms with Gasteiger partial charge in [0.15, 0.2) is 44.0 Å². The predicted octanol–water partition coefficient (Wildman–Crippen LogP) is -7.73. The topological polar surface area (TPSA) is 468 Å². The first-order valence-corrected chi connectivity index (χ1v) is 31.0. The zero-order chi connectivity index (χ0) is 63.5. The molecule has 88 heavy (non-hydrogen) atoms. The summed E-state index contributed by atoms with van der Waals surface area (Å²) in [5.74, 6) is 1.17. The van der Waals surface area contributed by atoms with E-state index in [1.807, 2.05) is 0 Å². The van der Waals surface area contributed by atoms with Crippen LogP contribution < -0.4 is 5.32 Å². The molecule has 0 aromatic rings. The molecule has 32 nitrogen and oxygen atoms in total. The highest BCUT2D eigenvalue weighted by atomic mass is 16.8. The van der Waals surface area contributed by atoms with Gasteiger partial charge in [0.05, 0.1) is 26.4 Å². The third-order valence-corrected chi connectivity index (χ3v) is 19.3. The molecular formula is C56H98N2O30. The molecule has 11 aliphatic rings. The summed E-state index contributed by atoms with van der Waals surface area (Å²) in [7, 11) is 2.60. The van der Waals surface area contributed by atoms with Gasteiger partial charge in [-0.2, -0.15) is 0 Å². The van der Waals surface area contributed by atoms with Gasteiger partial charge < -0.3 is 158 Å². The molecule has 0 aromatic carbocycles. The van der Waals surface area contributed by atoms with E-state index in [0.717, 1.165) is 32.1 Å². The van der Waals surface area contributed by atoms with Gasteiger partial charge in [0, 0.05) is 27.3 Å². The SMILES string of the molecule is CO[C@@H](C)O[C@@H]1C(CO)O[C@H](O[C@@H]2C(CO)O[C@H](O[C@@H]3C4CN(CCC5(C)CC6CCCC(C6)C5)CCCCNCC5O[C@H](OC)C(O)C(O)[C@@H]5O[C@H]5OC(CO)[C@@H](O[C@H]6OC(CO)[C@@H](O[C@@H](O4)C(O)C3O)C(O)C6O)C(O)C5O)C(O)C2O)C(O)C1O. The van der Waals surface area contributed by atoms with Crippen molar-refractivity contribution >= 4 is 0 Å². The van der Waals surface area contributed by atoms with Crippen molar-refractivity contribution in [2.45, 2.75) is 262 Å². The Morgan fingerprint density at radius 3 is 1.55 bits per heavy atom. The molecule has 11 fully saturated rings. The molecule has 512 valence electrons. The van der Waals surface area contributed by atoms with Crippen molar-refractivity contribution in [1.29, 1.82) is 0 Å². The highest BCUT2D eigenvalue weighted by Gasteiger charge is 2.58. The Morgan fingerprint density at radius 1 is 0.500 bits per heavy atom. The van der Waals surface area contributed by atoms with Crippen LogP contribution in [0.15, 0.2) is 0 Å². The number of aliphatic hydroxyl groups excluding tert-OH is 16. The maximum Gasteiger partial charge on any atom is 0.187 e. The van der Waals surface area contributed by atoms with E-state index in [1.54, 1.807) is 0 Å². The van der Waals surface area contributed by atoms with Gasteiger partial charge in [-0.05, 0) is 82.3 Å². The summed E-state index contributed by atoms with van der Waals surface area (Å²) in [6, 6.07) is 0. The number of hydrogen-bond donors (Lipinski definition) is 17. The van der Waals surface area contributed by atoms with E-state index in [-0.39, 0.29) is 18.5 Å². The Kier molecular flexibility index (Phi) is 25.4. The largest absolute Gasteiger partial charge is 0.394 e. The Morgan fingerprint density at radius 2 is 0.989 bits per heavy atom. The fourth-order valence-corrected chi connectivity index (χ4v) is 14.4. The van der Waals surface area contributed by atoms with Crippen molar-refractivity contribution in [2.24, 2.45) is 17.3 Å². The maximum absolute atomic E-state index is 12.3. The molecule has 11 rings (SSSR count). The molecule has 32 heteroatoms. The normalized spacial score (nSPS) is 50.9. The Labute approximate surface area is 509 Å². The Balaban J connectivity index is 0.995. The Bertz CT molecular complexity index is 2090. The van der Waals surface area contributed by atoms with Crippen LogP contribution in [0.4, 0.5) is 0 Å². The van der Waals surface area contributed by atoms with E-state index >= 15 is 0 Å². The van der Waals surface area contributed by atoms with Crippen LogP contribution in [0.25, 0.3) is 0 Å². The summed E-state index contributed by atoms with van der Waals surface area (Å²) in [4.78, 5) is 2.09. The first-order chi connectivity index (χ1) is 42.0. The van der Waals surface area contributed by atoms with Crippen LogP contribution in [0.5, 0.6) is 0 Å². The number of hydrogen-bond acceptors (Lipinski definition) is 32. The molecule has 9 aliphatic heterocycles. The lowest BCUT2D eigenvalue weighted by atomic mass is 9.60. The van der Waals surface area contributed by atoms with Crippen LogP contribution >= 0.6 is 0 Å². The number of nitrogens with one attached hydrogen (secondary N) is 1. The molecule has 8 bridgehead atoms. The van der Waals surface area contributed by atoms with E-state index in [2.05, 4.69) is 17.1 Å². The van der Waals surface area contributed by atoms with E-state index in [1.165, 1.54) is 34.0 Å². The van der Waals surface area contributed by atoms with Gasteiger partial charge in [0.25, 0.3) is 0 Å². The zero-order valence-electron chi connectivity index (χ0n) is 50.1. The molecule has 2 aliphatic carbocycles. The van der Waals surface area contributed by atoms with E-state index in [0.29, 0.717) is 44.3 Å². The van der Waals surface area contributed by atoms with Crippen LogP contribution in [0.2, 0.25) is 0 Å². The van der Waals surface area contributed by atoms with Crippen molar-refractivity contribution in [1.82, 2.24) is 10.2 Å². The van der Waals surface area contributed by atoms with Gasteiger partial charge in [-0.3, -0.25) is 0 Å². The lowest BCUT2D eigenvalue weighted by molar-refractivity contribution is -0.396. The van der Waals surface area contributed by atoms with Crippen molar-refractivity contribution in [3.8, 4) is 0 Å². The number of rotatable bonds is 15. The Hall–Kier alpha value is -1.28. The molecule has 17 N–H and O–H groups in total. The number of methoxy groups -OCH3 is 2. The second kappa shape index (κ2) is 31.5. The van der Waals surface area contributed by atoms with Gasteiger partial charge in [-0.15, -0.1) is 0 Å². The summed E-state index contributed by atoms with van der Waals surface area (Å²) in [5, 5.41) is 184. The molecule has 20 unspecified atom stereocenters. The van der Waals surface area contributed by atoms with Gasteiger partial charge >= 0.3 is 0 Å². The number of aliphatic hydroxyl groups is 16. The van der Waals surface area contributed by atoms with Crippen LogP contribution in [0, 0.1) is 17.3 Å². The maximum atomic E-state index is 12.3. The lowest BCUT2D eigenvalue weighted by Crippen LogP contribution is -2.68. The highest BCUT2D eigenvalue weighted by molar-refractivity contribution is 5.01. The fourth-order valence-electron chi connectivity index (χ4n) is 14.4. The van der Waals surface area contributed by atoms with Crippen LogP contribution in [-0.4, -0.2) is 351 Å². The summed E-state index contributed by atoms with van der Waals surface area (Å²) in [6.45, 7) is 1.46. The molecule has 2 saturated carbocycles. The summed E-state index contributed by atoms with van der Waals surface area (Å²) < 4.78 is 82.7. The van der Waals surface area contributed by atoms with E-state index in [9.17, 15) is 81.7 Å². The monoisotopic (exact) mass is 1280 g/mol. The predicted molar refractivity (Wildman–Crippen MR) is 291 cm³/mol. The molecule has 33 atom stereocenters. The lowest BCUT2D eigenvalue weighted by Gasteiger charge is -2.50. The minimum Gasteiger partial charge on any atom is -0.394 e. The fraction of sp³-hybridized carbons (Fsp3) is 1.00. The number of fused-ring (bicyclic) bond motifs is 4. The van der Waals surface area contributed by atoms with E-state index < -0.39 is 217 Å². The summed E-state index contributed by atoms with van der Waals surface area (Å²) >= 11 is 0. The number of ether oxygens (including phenoxy) is 14. The first kappa shape index (κ1) is 71.0. The average Bonchev–Trinajstić information content (AvgIpc) is 1.34.